The van der Waals surface area contributed by atoms with Crippen LogP contribution in [-0.4, -0.2) is 37.5 Å². The Hall–Kier alpha value is -0.570. The summed E-state index contributed by atoms with van der Waals surface area (Å²) in [5.74, 6) is 0.175. The van der Waals surface area contributed by atoms with Crippen LogP contribution >= 0.6 is 0 Å². The molecule has 0 saturated carbocycles. The van der Waals surface area contributed by atoms with Crippen LogP contribution < -0.4 is 5.32 Å². The highest BCUT2D eigenvalue weighted by atomic mass is 16.2. The fraction of sp³-hybridized carbons (Fsp3) is 0.933. The first kappa shape index (κ1) is 17.4. The van der Waals surface area contributed by atoms with Crippen LogP contribution in [0.25, 0.3) is 0 Å². The van der Waals surface area contributed by atoms with Gasteiger partial charge >= 0.3 is 0 Å². The molecule has 0 aromatic rings. The Morgan fingerprint density at radius 2 is 1.56 bits per heavy atom. The molecule has 1 atom stereocenters. The molecule has 3 nitrogen and oxygen atoms in total. The van der Waals surface area contributed by atoms with E-state index < -0.39 is 0 Å². The molecule has 0 aliphatic carbocycles. The second-order valence-corrected chi connectivity index (χ2v) is 5.30. The van der Waals surface area contributed by atoms with Crippen molar-refractivity contribution in [3.05, 3.63) is 0 Å². The van der Waals surface area contributed by atoms with E-state index in [1.807, 2.05) is 19.0 Å². The maximum absolute atomic E-state index is 11.8. The van der Waals surface area contributed by atoms with E-state index in [4.69, 9.17) is 0 Å². The third-order valence-electron chi connectivity index (χ3n) is 3.39. The first-order valence-electron chi connectivity index (χ1n) is 7.57. The highest BCUT2D eigenvalue weighted by molar-refractivity contribution is 5.81. The molecule has 0 aliphatic rings. The van der Waals surface area contributed by atoms with Crippen molar-refractivity contribution in [3.8, 4) is 0 Å². The Morgan fingerprint density at radius 3 is 2.06 bits per heavy atom. The smallest absolute Gasteiger partial charge is 0.237 e. The quantitative estimate of drug-likeness (QED) is 0.576. The van der Waals surface area contributed by atoms with Crippen LogP contribution in [0, 0.1) is 0 Å². The van der Waals surface area contributed by atoms with Gasteiger partial charge < -0.3 is 5.32 Å². The van der Waals surface area contributed by atoms with E-state index in [1.165, 1.54) is 38.5 Å². The molecular weight excluding hydrogens is 224 g/mol. The predicted molar refractivity (Wildman–Crippen MR) is 78.8 cm³/mol. The van der Waals surface area contributed by atoms with Gasteiger partial charge in [0.1, 0.15) is 0 Å². The number of hydrogen-bond acceptors (Lipinski definition) is 2. The van der Waals surface area contributed by atoms with Crippen LogP contribution in [0.1, 0.15) is 65.2 Å². The van der Waals surface area contributed by atoms with Crippen molar-refractivity contribution in [2.45, 2.75) is 71.3 Å². The van der Waals surface area contributed by atoms with E-state index in [9.17, 15) is 4.79 Å². The Kier molecular flexibility index (Phi) is 11.2. The summed E-state index contributed by atoms with van der Waals surface area (Å²) in [6, 6.07) is 0.0227. The van der Waals surface area contributed by atoms with Crippen molar-refractivity contribution in [2.75, 3.05) is 20.6 Å². The van der Waals surface area contributed by atoms with Crippen LogP contribution in [0.15, 0.2) is 0 Å². The predicted octanol–water partition coefficient (Wildman–Crippen LogP) is 3.19. The molecule has 0 saturated heterocycles. The average Bonchev–Trinajstić information content (AvgIpc) is 2.33. The SMILES string of the molecule is CCCCCCCCCNC(=O)C(CC)N(C)C. The fourth-order valence-corrected chi connectivity index (χ4v) is 2.20. The van der Waals surface area contributed by atoms with Gasteiger partial charge in [0.2, 0.25) is 5.91 Å². The maximum Gasteiger partial charge on any atom is 0.237 e. The average molecular weight is 256 g/mol. The number of amides is 1. The molecule has 0 fully saturated rings. The number of nitrogens with one attached hydrogen (secondary N) is 1. The van der Waals surface area contributed by atoms with Gasteiger partial charge in [0.15, 0.2) is 0 Å². The molecule has 0 aromatic carbocycles. The summed E-state index contributed by atoms with van der Waals surface area (Å²) in [7, 11) is 3.92. The molecule has 0 bridgehead atoms. The second kappa shape index (κ2) is 11.5. The van der Waals surface area contributed by atoms with E-state index in [-0.39, 0.29) is 11.9 Å². The zero-order valence-electron chi connectivity index (χ0n) is 12.8. The number of rotatable bonds is 11. The highest BCUT2D eigenvalue weighted by Gasteiger charge is 2.17. The van der Waals surface area contributed by atoms with Gasteiger partial charge in [-0.05, 0) is 26.9 Å². The van der Waals surface area contributed by atoms with E-state index >= 15 is 0 Å². The van der Waals surface area contributed by atoms with Crippen molar-refractivity contribution in [1.29, 1.82) is 0 Å². The number of carbonyl (C=O) groups excluding carboxylic acids is 1. The molecule has 0 spiro atoms. The minimum atomic E-state index is 0.0227. The third kappa shape index (κ3) is 8.51. The van der Waals surface area contributed by atoms with Crippen LogP contribution in [0.2, 0.25) is 0 Å². The molecule has 0 aromatic heterocycles. The van der Waals surface area contributed by atoms with Gasteiger partial charge in [-0.15, -0.1) is 0 Å². The van der Waals surface area contributed by atoms with Gasteiger partial charge in [-0.2, -0.15) is 0 Å². The standard InChI is InChI=1S/C15H32N2O/c1-5-7-8-9-10-11-12-13-16-15(18)14(6-2)17(3)4/h14H,5-13H2,1-4H3,(H,16,18). The maximum atomic E-state index is 11.8. The van der Waals surface area contributed by atoms with Crippen LogP contribution in [0.3, 0.4) is 0 Å². The minimum absolute atomic E-state index is 0.0227. The summed E-state index contributed by atoms with van der Waals surface area (Å²) in [5.41, 5.74) is 0. The van der Waals surface area contributed by atoms with Crippen molar-refractivity contribution >= 4 is 5.91 Å². The molecule has 0 aliphatic heterocycles. The summed E-state index contributed by atoms with van der Waals surface area (Å²) in [6.45, 7) is 5.12. The lowest BCUT2D eigenvalue weighted by Gasteiger charge is -2.21. The van der Waals surface area contributed by atoms with Gasteiger partial charge in [-0.3, -0.25) is 9.69 Å². The van der Waals surface area contributed by atoms with Crippen LogP contribution in [-0.2, 0) is 4.79 Å². The van der Waals surface area contributed by atoms with E-state index in [0.717, 1.165) is 19.4 Å². The molecule has 3 heteroatoms. The van der Waals surface area contributed by atoms with Gasteiger partial charge in [0, 0.05) is 6.54 Å². The van der Waals surface area contributed by atoms with Crippen molar-refractivity contribution < 1.29 is 4.79 Å². The van der Waals surface area contributed by atoms with E-state index in [1.54, 1.807) is 0 Å². The zero-order chi connectivity index (χ0) is 13.8. The van der Waals surface area contributed by atoms with Crippen molar-refractivity contribution in [2.24, 2.45) is 0 Å². The summed E-state index contributed by atoms with van der Waals surface area (Å²) < 4.78 is 0. The Labute approximate surface area is 113 Å². The number of carbonyl (C=O) groups is 1. The Morgan fingerprint density at radius 1 is 1.00 bits per heavy atom. The number of likely N-dealkylation sites (N-methyl/N-ethyl adjacent to an activating group) is 1. The molecule has 1 amide bonds. The Balaban J connectivity index is 3.45. The van der Waals surface area contributed by atoms with Gasteiger partial charge in [0.05, 0.1) is 6.04 Å². The summed E-state index contributed by atoms with van der Waals surface area (Å²) in [4.78, 5) is 13.8. The van der Waals surface area contributed by atoms with Gasteiger partial charge in [-0.25, -0.2) is 0 Å². The molecule has 18 heavy (non-hydrogen) atoms. The zero-order valence-corrected chi connectivity index (χ0v) is 12.8. The molecule has 1 unspecified atom stereocenters. The molecule has 0 heterocycles. The van der Waals surface area contributed by atoms with Crippen LogP contribution in [0.5, 0.6) is 0 Å². The lowest BCUT2D eigenvalue weighted by atomic mass is 10.1. The topological polar surface area (TPSA) is 32.3 Å². The van der Waals surface area contributed by atoms with Crippen LogP contribution in [0.4, 0.5) is 0 Å². The molecule has 108 valence electrons. The highest BCUT2D eigenvalue weighted by Crippen LogP contribution is 2.06. The first-order chi connectivity index (χ1) is 8.63. The first-order valence-corrected chi connectivity index (χ1v) is 7.57. The lowest BCUT2D eigenvalue weighted by molar-refractivity contribution is -0.125. The van der Waals surface area contributed by atoms with Crippen molar-refractivity contribution in [1.82, 2.24) is 10.2 Å². The number of hydrogen-bond donors (Lipinski definition) is 1. The lowest BCUT2D eigenvalue weighted by Crippen LogP contribution is -2.43. The van der Waals surface area contributed by atoms with E-state index in [0.29, 0.717) is 0 Å². The monoisotopic (exact) mass is 256 g/mol. The Bertz CT molecular complexity index is 205. The summed E-state index contributed by atoms with van der Waals surface area (Å²) in [5, 5.41) is 3.04. The van der Waals surface area contributed by atoms with Gasteiger partial charge in [-0.1, -0.05) is 52.4 Å². The number of nitrogens with zero attached hydrogens (tertiary/aromatic N) is 1. The molecular formula is C15H32N2O. The minimum Gasteiger partial charge on any atom is -0.355 e. The summed E-state index contributed by atoms with van der Waals surface area (Å²) in [6.07, 6.45) is 9.90. The van der Waals surface area contributed by atoms with Gasteiger partial charge in [0.25, 0.3) is 0 Å². The second-order valence-electron chi connectivity index (χ2n) is 5.30. The number of unbranched alkanes of at least 4 members (excludes halogenated alkanes) is 6. The largest absolute Gasteiger partial charge is 0.355 e. The normalized spacial score (nSPS) is 12.7. The van der Waals surface area contributed by atoms with Crippen molar-refractivity contribution in [3.63, 3.8) is 0 Å². The molecule has 0 rings (SSSR count). The fourth-order valence-electron chi connectivity index (χ4n) is 2.20. The van der Waals surface area contributed by atoms with E-state index in [2.05, 4.69) is 19.2 Å². The molecule has 1 N–H and O–H groups in total. The third-order valence-corrected chi connectivity index (χ3v) is 3.39. The summed E-state index contributed by atoms with van der Waals surface area (Å²) >= 11 is 0. The molecule has 0 radical (unpaired) electrons.